The molecule has 8 heteroatoms. The number of halogens is 1. The van der Waals surface area contributed by atoms with Crippen LogP contribution in [0.2, 0.25) is 0 Å². The van der Waals surface area contributed by atoms with Crippen LogP contribution in [0.3, 0.4) is 0 Å². The first-order chi connectivity index (χ1) is 8.75. The van der Waals surface area contributed by atoms with Crippen LogP contribution in [0.5, 0.6) is 0 Å². The summed E-state index contributed by atoms with van der Waals surface area (Å²) >= 11 is 4.05. The highest BCUT2D eigenvalue weighted by molar-refractivity contribution is 9.11. The molecule has 0 unspecified atom stereocenters. The summed E-state index contributed by atoms with van der Waals surface area (Å²) in [6.07, 6.45) is 2.10. The molecule has 1 aromatic heterocycles. The second kappa shape index (κ2) is 5.16. The van der Waals surface area contributed by atoms with Crippen LogP contribution in [0.4, 0.5) is 0 Å². The van der Waals surface area contributed by atoms with Gasteiger partial charge in [0, 0.05) is 13.1 Å². The topological polar surface area (TPSA) is 74.7 Å². The molecule has 0 spiro atoms. The fraction of sp³-hybridized carbons (Fsp3) is 0.545. The second-order valence-corrected chi connectivity index (χ2v) is 8.99. The minimum Gasteiger partial charge on any atom is -0.477 e. The highest BCUT2D eigenvalue weighted by atomic mass is 79.9. The Labute approximate surface area is 124 Å². The number of sulfonamides is 1. The smallest absolute Gasteiger partial charge is 0.345 e. The minimum atomic E-state index is -3.65. The lowest BCUT2D eigenvalue weighted by Crippen LogP contribution is -2.36. The molecule has 1 atom stereocenters. The molecule has 0 amide bonds. The van der Waals surface area contributed by atoms with E-state index in [2.05, 4.69) is 15.9 Å². The third kappa shape index (κ3) is 2.86. The molecule has 1 N–H and O–H groups in total. The Morgan fingerprint density at radius 2 is 2.16 bits per heavy atom. The molecule has 106 valence electrons. The average molecular weight is 368 g/mol. The van der Waals surface area contributed by atoms with Crippen LogP contribution in [0.15, 0.2) is 14.7 Å². The molecule has 0 saturated heterocycles. The first-order valence-corrected chi connectivity index (χ1v) is 8.80. The van der Waals surface area contributed by atoms with Gasteiger partial charge in [-0.25, -0.2) is 13.2 Å². The van der Waals surface area contributed by atoms with Crippen molar-refractivity contribution in [2.45, 2.75) is 30.7 Å². The largest absolute Gasteiger partial charge is 0.477 e. The van der Waals surface area contributed by atoms with Gasteiger partial charge in [0.2, 0.25) is 10.0 Å². The van der Waals surface area contributed by atoms with E-state index in [9.17, 15) is 13.2 Å². The van der Waals surface area contributed by atoms with E-state index in [4.69, 9.17) is 5.11 Å². The zero-order valence-electron chi connectivity index (χ0n) is 10.5. The summed E-state index contributed by atoms with van der Waals surface area (Å²) in [6.45, 7) is 1.88. The number of aromatic carboxylic acids is 1. The second-order valence-electron chi connectivity index (χ2n) is 4.65. The third-order valence-corrected chi connectivity index (χ3v) is 7.59. The molecule has 1 aliphatic carbocycles. The molecule has 1 aromatic rings. The zero-order valence-corrected chi connectivity index (χ0v) is 13.7. The molecule has 5 nitrogen and oxygen atoms in total. The van der Waals surface area contributed by atoms with Crippen molar-refractivity contribution in [3.63, 3.8) is 0 Å². The molecule has 1 saturated carbocycles. The van der Waals surface area contributed by atoms with Crippen LogP contribution in [-0.4, -0.2) is 36.9 Å². The molecule has 2 rings (SSSR count). The Morgan fingerprint density at radius 3 is 2.58 bits per heavy atom. The molecular weight excluding hydrogens is 354 g/mol. The monoisotopic (exact) mass is 367 g/mol. The SMILES string of the molecule is C[C@H](C1CC1)N(C)S(=O)(=O)c1cc(C(=O)O)sc1Br. The fourth-order valence-corrected chi connectivity index (χ4v) is 5.66. The van der Waals surface area contributed by atoms with E-state index in [1.807, 2.05) is 6.92 Å². The number of hydrogen-bond acceptors (Lipinski definition) is 4. The summed E-state index contributed by atoms with van der Waals surface area (Å²) < 4.78 is 26.6. The molecular formula is C11H14BrNO4S2. The van der Waals surface area contributed by atoms with Crippen LogP contribution in [-0.2, 0) is 10.0 Å². The van der Waals surface area contributed by atoms with Crippen LogP contribution in [0.25, 0.3) is 0 Å². The van der Waals surface area contributed by atoms with Gasteiger partial charge < -0.3 is 5.11 Å². The van der Waals surface area contributed by atoms with Crippen LogP contribution >= 0.6 is 27.3 Å². The standard InChI is InChI=1S/C11H14BrNO4S2/c1-6(7-3-4-7)13(2)19(16,17)9-5-8(11(14)15)18-10(9)12/h5-7H,3-4H2,1-2H3,(H,14,15)/t6-/m1/s1. The van der Waals surface area contributed by atoms with Crippen molar-refractivity contribution in [3.8, 4) is 0 Å². The lowest BCUT2D eigenvalue weighted by Gasteiger charge is -2.23. The van der Waals surface area contributed by atoms with Gasteiger partial charge in [-0.3, -0.25) is 0 Å². The van der Waals surface area contributed by atoms with Gasteiger partial charge in [0.15, 0.2) is 0 Å². The van der Waals surface area contributed by atoms with Gasteiger partial charge in [-0.2, -0.15) is 4.31 Å². The number of nitrogens with zero attached hydrogens (tertiary/aromatic N) is 1. The Kier molecular flexibility index (Phi) is 4.06. The summed E-state index contributed by atoms with van der Waals surface area (Å²) in [5.74, 6) is -0.707. The third-order valence-electron chi connectivity index (χ3n) is 3.40. The van der Waals surface area contributed by atoms with Crippen LogP contribution in [0, 0.1) is 5.92 Å². The number of carboxylic acids is 1. The van der Waals surface area contributed by atoms with Gasteiger partial charge in [0.05, 0.1) is 3.79 Å². The maximum absolute atomic E-state index is 12.5. The maximum Gasteiger partial charge on any atom is 0.345 e. The van der Waals surface area contributed by atoms with E-state index < -0.39 is 16.0 Å². The van der Waals surface area contributed by atoms with Gasteiger partial charge in [-0.1, -0.05) is 0 Å². The van der Waals surface area contributed by atoms with E-state index in [0.29, 0.717) is 9.70 Å². The fourth-order valence-electron chi connectivity index (χ4n) is 1.88. The summed E-state index contributed by atoms with van der Waals surface area (Å²) in [7, 11) is -2.11. The summed E-state index contributed by atoms with van der Waals surface area (Å²) in [5.41, 5.74) is 0. The van der Waals surface area contributed by atoms with E-state index in [1.54, 1.807) is 7.05 Å². The van der Waals surface area contributed by atoms with Crippen molar-refractivity contribution in [3.05, 3.63) is 14.7 Å². The first kappa shape index (κ1) is 15.0. The van der Waals surface area contributed by atoms with Gasteiger partial charge in [0.1, 0.15) is 9.77 Å². The van der Waals surface area contributed by atoms with Gasteiger partial charge in [-0.15, -0.1) is 11.3 Å². The van der Waals surface area contributed by atoms with E-state index >= 15 is 0 Å². The lowest BCUT2D eigenvalue weighted by molar-refractivity contribution is 0.0702. The summed E-state index contributed by atoms with van der Waals surface area (Å²) in [5, 5.41) is 8.92. The van der Waals surface area contributed by atoms with E-state index in [-0.39, 0.29) is 15.8 Å². The number of carboxylic acid groups (broad SMARTS) is 1. The van der Waals surface area contributed by atoms with Crippen molar-refractivity contribution >= 4 is 43.3 Å². The molecule has 1 fully saturated rings. The lowest BCUT2D eigenvalue weighted by atomic mass is 10.2. The molecule has 0 bridgehead atoms. The Hall–Kier alpha value is -0.440. The molecule has 0 aromatic carbocycles. The Morgan fingerprint density at radius 1 is 1.58 bits per heavy atom. The predicted octanol–water partition coefficient (Wildman–Crippen LogP) is 2.63. The van der Waals surface area contributed by atoms with Gasteiger partial charge >= 0.3 is 5.97 Å². The maximum atomic E-state index is 12.5. The molecule has 1 aliphatic rings. The van der Waals surface area contributed by atoms with Crippen LogP contribution in [0.1, 0.15) is 29.4 Å². The van der Waals surface area contributed by atoms with Crippen molar-refractivity contribution < 1.29 is 18.3 Å². The normalized spacial score (nSPS) is 17.7. The predicted molar refractivity (Wildman–Crippen MR) is 76.1 cm³/mol. The number of carbonyl (C=O) groups is 1. The molecule has 0 aliphatic heterocycles. The highest BCUT2D eigenvalue weighted by Gasteiger charge is 2.37. The average Bonchev–Trinajstić information content (AvgIpc) is 3.09. The van der Waals surface area contributed by atoms with Crippen molar-refractivity contribution in [1.82, 2.24) is 4.31 Å². The quantitative estimate of drug-likeness (QED) is 0.867. The Balaban J connectivity index is 2.35. The summed E-state index contributed by atoms with van der Waals surface area (Å²) in [6, 6.07) is 1.15. The van der Waals surface area contributed by atoms with E-state index in [1.165, 1.54) is 10.4 Å². The van der Waals surface area contributed by atoms with Gasteiger partial charge in [-0.05, 0) is 47.7 Å². The zero-order chi connectivity index (χ0) is 14.4. The number of thiophene rings is 1. The van der Waals surface area contributed by atoms with Crippen molar-refractivity contribution in [1.29, 1.82) is 0 Å². The first-order valence-electron chi connectivity index (χ1n) is 5.75. The molecule has 0 radical (unpaired) electrons. The van der Waals surface area contributed by atoms with E-state index in [0.717, 1.165) is 24.2 Å². The van der Waals surface area contributed by atoms with Gasteiger partial charge in [0.25, 0.3) is 0 Å². The van der Waals surface area contributed by atoms with Crippen molar-refractivity contribution in [2.24, 2.45) is 5.92 Å². The molecule has 19 heavy (non-hydrogen) atoms. The minimum absolute atomic E-state index is 0.0120. The molecule has 1 heterocycles. The van der Waals surface area contributed by atoms with Crippen LogP contribution < -0.4 is 0 Å². The number of rotatable bonds is 5. The van der Waals surface area contributed by atoms with Crippen molar-refractivity contribution in [2.75, 3.05) is 7.05 Å². The number of hydrogen-bond donors (Lipinski definition) is 1. The summed E-state index contributed by atoms with van der Waals surface area (Å²) in [4.78, 5) is 10.9. The highest BCUT2D eigenvalue weighted by Crippen LogP contribution is 2.39. The Bertz CT molecular complexity index is 606.